The van der Waals surface area contributed by atoms with E-state index in [2.05, 4.69) is 29.6 Å². The molecule has 1 heterocycles. The Morgan fingerprint density at radius 3 is 2.65 bits per heavy atom. The monoisotopic (exact) mass is 283 g/mol. The fourth-order valence-electron chi connectivity index (χ4n) is 3.54. The number of fused-ring (bicyclic) bond motifs is 2. The maximum absolute atomic E-state index is 3.61. The molecule has 0 fully saturated rings. The van der Waals surface area contributed by atoms with Crippen molar-refractivity contribution in [3.8, 4) is 0 Å². The van der Waals surface area contributed by atoms with Crippen molar-refractivity contribution in [3.05, 3.63) is 56.3 Å². The van der Waals surface area contributed by atoms with Gasteiger partial charge in [-0.15, -0.1) is 11.3 Å². The molecule has 2 aliphatic carbocycles. The van der Waals surface area contributed by atoms with Crippen molar-refractivity contribution < 1.29 is 0 Å². The summed E-state index contributed by atoms with van der Waals surface area (Å²) < 4.78 is 0. The van der Waals surface area contributed by atoms with Crippen LogP contribution >= 0.6 is 11.3 Å². The van der Waals surface area contributed by atoms with E-state index < -0.39 is 0 Å². The Kier molecular flexibility index (Phi) is 3.37. The largest absolute Gasteiger partial charge is 0.308 e. The molecule has 1 nitrogen and oxygen atoms in total. The highest BCUT2D eigenvalue weighted by Gasteiger charge is 2.14. The molecule has 0 saturated heterocycles. The predicted molar refractivity (Wildman–Crippen MR) is 85.4 cm³/mol. The van der Waals surface area contributed by atoms with Crippen molar-refractivity contribution in [1.29, 1.82) is 0 Å². The van der Waals surface area contributed by atoms with Gasteiger partial charge in [-0.05, 0) is 66.8 Å². The Bertz CT molecular complexity index is 605. The summed E-state index contributed by atoms with van der Waals surface area (Å²) in [7, 11) is 0. The molecule has 1 aromatic carbocycles. The standard InChI is InChI=1S/C18H21NS/c1-3-14-8-7-13(9-15(14)4-1)11-19-12-17-10-16-5-2-6-18(16)20-17/h7-10,19H,1-6,11-12H2. The molecule has 0 bridgehead atoms. The van der Waals surface area contributed by atoms with E-state index in [1.54, 1.807) is 21.6 Å². The third-order valence-electron chi connectivity index (χ3n) is 4.59. The van der Waals surface area contributed by atoms with Crippen LogP contribution in [0.3, 0.4) is 0 Å². The molecule has 4 rings (SSSR count). The highest BCUT2D eigenvalue weighted by molar-refractivity contribution is 7.12. The number of thiophene rings is 1. The average Bonchev–Trinajstić information content (AvgIpc) is 3.12. The van der Waals surface area contributed by atoms with Crippen LogP contribution < -0.4 is 5.32 Å². The molecular formula is C18H21NS. The highest BCUT2D eigenvalue weighted by Crippen LogP contribution is 2.30. The second kappa shape index (κ2) is 5.34. The molecule has 1 aromatic heterocycles. The number of benzene rings is 1. The Morgan fingerprint density at radius 1 is 0.850 bits per heavy atom. The van der Waals surface area contributed by atoms with Crippen molar-refractivity contribution in [2.24, 2.45) is 0 Å². The molecule has 20 heavy (non-hydrogen) atoms. The van der Waals surface area contributed by atoms with E-state index in [0.717, 1.165) is 13.1 Å². The Balaban J connectivity index is 1.36. The van der Waals surface area contributed by atoms with Crippen LogP contribution in [0.1, 0.15) is 44.8 Å². The smallest absolute Gasteiger partial charge is 0.0303 e. The summed E-state index contributed by atoms with van der Waals surface area (Å²) in [6.07, 6.45) is 7.88. The molecule has 0 spiro atoms. The van der Waals surface area contributed by atoms with Crippen LogP contribution in [-0.4, -0.2) is 0 Å². The van der Waals surface area contributed by atoms with Gasteiger partial charge in [0, 0.05) is 22.8 Å². The summed E-state index contributed by atoms with van der Waals surface area (Å²) in [5.41, 5.74) is 6.21. The third kappa shape index (κ3) is 2.43. The summed E-state index contributed by atoms with van der Waals surface area (Å²) in [6.45, 7) is 2.02. The van der Waals surface area contributed by atoms with E-state index in [1.165, 1.54) is 49.0 Å². The minimum Gasteiger partial charge on any atom is -0.308 e. The third-order valence-corrected chi connectivity index (χ3v) is 5.83. The first-order chi connectivity index (χ1) is 9.88. The Labute approximate surface area is 125 Å². The van der Waals surface area contributed by atoms with Crippen molar-refractivity contribution in [2.45, 2.75) is 51.6 Å². The van der Waals surface area contributed by atoms with E-state index in [-0.39, 0.29) is 0 Å². The quantitative estimate of drug-likeness (QED) is 0.894. The topological polar surface area (TPSA) is 12.0 Å². The first-order valence-corrected chi connectivity index (χ1v) is 8.62. The van der Waals surface area contributed by atoms with Gasteiger partial charge in [-0.2, -0.15) is 0 Å². The van der Waals surface area contributed by atoms with Crippen LogP contribution in [0.15, 0.2) is 24.3 Å². The van der Waals surface area contributed by atoms with E-state index in [1.807, 2.05) is 11.3 Å². The number of rotatable bonds is 4. The van der Waals surface area contributed by atoms with E-state index in [0.29, 0.717) is 0 Å². The lowest BCUT2D eigenvalue weighted by molar-refractivity contribution is 0.699. The molecule has 104 valence electrons. The molecule has 2 aliphatic rings. The average molecular weight is 283 g/mol. The number of aryl methyl sites for hydroxylation is 4. The van der Waals surface area contributed by atoms with Crippen molar-refractivity contribution in [1.82, 2.24) is 5.32 Å². The molecule has 0 radical (unpaired) electrons. The Hall–Kier alpha value is -1.12. The zero-order valence-corrected chi connectivity index (χ0v) is 12.7. The van der Waals surface area contributed by atoms with Crippen LogP contribution in [0.5, 0.6) is 0 Å². The van der Waals surface area contributed by atoms with Crippen LogP contribution in [0, 0.1) is 0 Å². The van der Waals surface area contributed by atoms with Gasteiger partial charge in [0.25, 0.3) is 0 Å². The second-order valence-corrected chi connectivity index (χ2v) is 7.30. The minimum atomic E-state index is 0.996. The molecule has 2 aromatic rings. The van der Waals surface area contributed by atoms with Gasteiger partial charge in [-0.3, -0.25) is 0 Å². The summed E-state index contributed by atoms with van der Waals surface area (Å²) in [6, 6.07) is 9.46. The molecule has 0 saturated carbocycles. The number of nitrogens with one attached hydrogen (secondary N) is 1. The van der Waals surface area contributed by atoms with Crippen molar-refractivity contribution in [2.75, 3.05) is 0 Å². The Morgan fingerprint density at radius 2 is 1.70 bits per heavy atom. The molecule has 0 unspecified atom stereocenters. The maximum atomic E-state index is 3.61. The van der Waals surface area contributed by atoms with Gasteiger partial charge in [0.2, 0.25) is 0 Å². The normalized spacial score (nSPS) is 16.4. The van der Waals surface area contributed by atoms with Crippen LogP contribution in [0.4, 0.5) is 0 Å². The van der Waals surface area contributed by atoms with Gasteiger partial charge < -0.3 is 5.32 Å². The first-order valence-electron chi connectivity index (χ1n) is 7.80. The van der Waals surface area contributed by atoms with E-state index in [4.69, 9.17) is 0 Å². The van der Waals surface area contributed by atoms with Crippen LogP contribution in [0.2, 0.25) is 0 Å². The van der Waals surface area contributed by atoms with Gasteiger partial charge in [-0.25, -0.2) is 0 Å². The maximum Gasteiger partial charge on any atom is 0.0303 e. The first kappa shape index (κ1) is 12.6. The SMILES string of the molecule is c1cc2c(cc1CNCc1cc3c(s1)CCC3)CCC2. The molecule has 0 aliphatic heterocycles. The van der Waals surface area contributed by atoms with Crippen molar-refractivity contribution in [3.63, 3.8) is 0 Å². The lowest BCUT2D eigenvalue weighted by Gasteiger charge is -2.06. The summed E-state index contributed by atoms with van der Waals surface area (Å²) in [5.74, 6) is 0. The van der Waals surface area contributed by atoms with Crippen LogP contribution in [0.25, 0.3) is 0 Å². The molecule has 0 atom stereocenters. The number of hydrogen-bond acceptors (Lipinski definition) is 2. The van der Waals surface area contributed by atoms with Crippen molar-refractivity contribution >= 4 is 11.3 Å². The van der Waals surface area contributed by atoms with Crippen LogP contribution in [-0.2, 0) is 38.8 Å². The van der Waals surface area contributed by atoms with Gasteiger partial charge >= 0.3 is 0 Å². The zero-order valence-electron chi connectivity index (χ0n) is 11.9. The zero-order chi connectivity index (χ0) is 13.4. The molecule has 1 N–H and O–H groups in total. The molecule has 0 amide bonds. The van der Waals surface area contributed by atoms with Gasteiger partial charge in [0.05, 0.1) is 0 Å². The minimum absolute atomic E-state index is 0.996. The van der Waals surface area contributed by atoms with E-state index in [9.17, 15) is 0 Å². The predicted octanol–water partition coefficient (Wildman–Crippen LogP) is 4.02. The molecular weight excluding hydrogens is 262 g/mol. The van der Waals surface area contributed by atoms with Gasteiger partial charge in [0.1, 0.15) is 0 Å². The van der Waals surface area contributed by atoms with E-state index >= 15 is 0 Å². The fraction of sp³-hybridized carbons (Fsp3) is 0.444. The lowest BCUT2D eigenvalue weighted by atomic mass is 10.1. The highest BCUT2D eigenvalue weighted by atomic mass is 32.1. The second-order valence-electron chi connectivity index (χ2n) is 6.07. The summed E-state index contributed by atoms with van der Waals surface area (Å²) in [4.78, 5) is 3.15. The fourth-order valence-corrected chi connectivity index (χ4v) is 4.77. The van der Waals surface area contributed by atoms with Gasteiger partial charge in [0.15, 0.2) is 0 Å². The number of hydrogen-bond donors (Lipinski definition) is 1. The van der Waals surface area contributed by atoms with Gasteiger partial charge in [-0.1, -0.05) is 18.2 Å². The summed E-state index contributed by atoms with van der Waals surface area (Å²) >= 11 is 2.01. The summed E-state index contributed by atoms with van der Waals surface area (Å²) in [5, 5.41) is 3.61. The lowest BCUT2D eigenvalue weighted by Crippen LogP contribution is -2.12. The molecule has 2 heteroatoms.